The van der Waals surface area contributed by atoms with Crippen molar-refractivity contribution in [3.8, 4) is 0 Å². The van der Waals surface area contributed by atoms with Crippen LogP contribution in [-0.4, -0.2) is 19.2 Å². The van der Waals surface area contributed by atoms with E-state index in [4.69, 9.17) is 0 Å². The van der Waals surface area contributed by atoms with Crippen LogP contribution in [0.3, 0.4) is 0 Å². The predicted octanol–water partition coefficient (Wildman–Crippen LogP) is 3.01. The molecular formula is C14H14BrFN2O2S. The molecule has 0 saturated carbocycles. The van der Waals surface area contributed by atoms with Gasteiger partial charge in [-0.3, -0.25) is 4.98 Å². The Bertz CT molecular complexity index is 720. The van der Waals surface area contributed by atoms with Crippen LogP contribution in [0.1, 0.15) is 24.1 Å². The molecule has 1 aromatic heterocycles. The second-order valence-corrected chi connectivity index (χ2v) is 7.40. The van der Waals surface area contributed by atoms with Crippen molar-refractivity contribution in [2.24, 2.45) is 0 Å². The van der Waals surface area contributed by atoms with Gasteiger partial charge in [-0.2, -0.15) is 0 Å². The van der Waals surface area contributed by atoms with Crippen LogP contribution in [0.4, 0.5) is 4.39 Å². The van der Waals surface area contributed by atoms with E-state index < -0.39 is 16.1 Å². The Morgan fingerprint density at radius 3 is 2.48 bits per heavy atom. The van der Waals surface area contributed by atoms with Crippen LogP contribution in [0.5, 0.6) is 0 Å². The molecule has 21 heavy (non-hydrogen) atoms. The molecule has 112 valence electrons. The molecule has 2 aromatic rings. The SMILES string of the molecule is CCS(=O)(=O)NC(c1ccc(F)cc1)c1cncc(Br)c1. The van der Waals surface area contributed by atoms with Crippen molar-refractivity contribution < 1.29 is 12.8 Å². The molecule has 1 aromatic carbocycles. The van der Waals surface area contributed by atoms with E-state index in [1.165, 1.54) is 12.1 Å². The zero-order valence-electron chi connectivity index (χ0n) is 11.3. The maximum atomic E-state index is 13.1. The van der Waals surface area contributed by atoms with Crippen LogP contribution >= 0.6 is 15.9 Å². The summed E-state index contributed by atoms with van der Waals surface area (Å²) in [4.78, 5) is 4.05. The molecule has 0 aliphatic heterocycles. The summed E-state index contributed by atoms with van der Waals surface area (Å²) in [5, 5.41) is 0. The van der Waals surface area contributed by atoms with Gasteiger partial charge in [0.25, 0.3) is 0 Å². The minimum Gasteiger partial charge on any atom is -0.263 e. The van der Waals surface area contributed by atoms with Crippen molar-refractivity contribution >= 4 is 26.0 Å². The molecule has 0 aliphatic carbocycles. The van der Waals surface area contributed by atoms with Gasteiger partial charge in [-0.25, -0.2) is 17.5 Å². The highest BCUT2D eigenvalue weighted by Gasteiger charge is 2.20. The largest absolute Gasteiger partial charge is 0.263 e. The Kier molecular flexibility index (Phi) is 5.08. The third-order valence-electron chi connectivity index (χ3n) is 2.94. The highest BCUT2D eigenvalue weighted by atomic mass is 79.9. The first-order chi connectivity index (χ1) is 9.91. The van der Waals surface area contributed by atoms with Crippen molar-refractivity contribution in [2.75, 3.05) is 5.75 Å². The lowest BCUT2D eigenvalue weighted by Gasteiger charge is -2.19. The molecule has 0 aliphatic rings. The standard InChI is InChI=1S/C14H14BrFN2O2S/c1-2-21(19,20)18-14(10-3-5-13(16)6-4-10)11-7-12(15)9-17-8-11/h3-9,14,18H,2H2,1H3. The number of rotatable bonds is 5. The number of benzene rings is 1. The quantitative estimate of drug-likeness (QED) is 0.877. The minimum atomic E-state index is -3.42. The van der Waals surface area contributed by atoms with Crippen molar-refractivity contribution in [1.29, 1.82) is 0 Å². The van der Waals surface area contributed by atoms with E-state index in [0.29, 0.717) is 11.1 Å². The molecule has 0 fully saturated rings. The molecule has 0 spiro atoms. The number of halogens is 2. The fraction of sp³-hybridized carbons (Fsp3) is 0.214. The Labute approximate surface area is 131 Å². The van der Waals surface area contributed by atoms with Gasteiger partial charge in [-0.05, 0) is 52.2 Å². The molecule has 0 amide bonds. The highest BCUT2D eigenvalue weighted by Crippen LogP contribution is 2.25. The lowest BCUT2D eigenvalue weighted by Crippen LogP contribution is -2.30. The Morgan fingerprint density at radius 1 is 1.24 bits per heavy atom. The van der Waals surface area contributed by atoms with Gasteiger partial charge in [0.1, 0.15) is 5.82 Å². The molecule has 0 radical (unpaired) electrons. The molecule has 1 unspecified atom stereocenters. The van der Waals surface area contributed by atoms with Gasteiger partial charge in [0, 0.05) is 16.9 Å². The van der Waals surface area contributed by atoms with Gasteiger partial charge in [0.2, 0.25) is 10.0 Å². The average molecular weight is 373 g/mol. The smallest absolute Gasteiger partial charge is 0.212 e. The first-order valence-electron chi connectivity index (χ1n) is 6.27. The van der Waals surface area contributed by atoms with Crippen LogP contribution in [0.2, 0.25) is 0 Å². The van der Waals surface area contributed by atoms with Crippen LogP contribution in [-0.2, 0) is 10.0 Å². The highest BCUT2D eigenvalue weighted by molar-refractivity contribution is 9.10. The Hall–Kier alpha value is -1.31. The number of hydrogen-bond donors (Lipinski definition) is 1. The molecule has 0 saturated heterocycles. The van der Waals surface area contributed by atoms with Crippen molar-refractivity contribution in [1.82, 2.24) is 9.71 Å². The minimum absolute atomic E-state index is 0.0356. The van der Waals surface area contributed by atoms with Crippen LogP contribution < -0.4 is 4.72 Å². The maximum Gasteiger partial charge on any atom is 0.212 e. The lowest BCUT2D eigenvalue weighted by atomic mass is 10.0. The molecule has 2 rings (SSSR count). The van der Waals surface area contributed by atoms with Gasteiger partial charge in [0.15, 0.2) is 0 Å². The van der Waals surface area contributed by atoms with Gasteiger partial charge >= 0.3 is 0 Å². The number of aromatic nitrogens is 1. The van der Waals surface area contributed by atoms with Gasteiger partial charge in [0.05, 0.1) is 11.8 Å². The summed E-state index contributed by atoms with van der Waals surface area (Å²) in [7, 11) is -3.42. The van der Waals surface area contributed by atoms with Gasteiger partial charge < -0.3 is 0 Å². The van der Waals surface area contributed by atoms with Crippen molar-refractivity contribution in [3.05, 3.63) is 64.1 Å². The first-order valence-corrected chi connectivity index (χ1v) is 8.71. The summed E-state index contributed by atoms with van der Waals surface area (Å²) in [5.41, 5.74) is 1.32. The lowest BCUT2D eigenvalue weighted by molar-refractivity contribution is 0.572. The van der Waals surface area contributed by atoms with E-state index in [1.54, 1.807) is 37.5 Å². The first kappa shape index (κ1) is 16.1. The number of hydrogen-bond acceptors (Lipinski definition) is 3. The second kappa shape index (κ2) is 6.64. The molecule has 7 heteroatoms. The third-order valence-corrected chi connectivity index (χ3v) is 4.73. The summed E-state index contributed by atoms with van der Waals surface area (Å²) >= 11 is 3.31. The fourth-order valence-electron chi connectivity index (χ4n) is 1.83. The van der Waals surface area contributed by atoms with Crippen LogP contribution in [0.15, 0.2) is 47.2 Å². The molecule has 1 heterocycles. The predicted molar refractivity (Wildman–Crippen MR) is 82.8 cm³/mol. The molecule has 4 nitrogen and oxygen atoms in total. The van der Waals surface area contributed by atoms with Crippen LogP contribution in [0, 0.1) is 5.82 Å². The van der Waals surface area contributed by atoms with E-state index >= 15 is 0 Å². The second-order valence-electron chi connectivity index (χ2n) is 4.44. The average Bonchev–Trinajstić information content (AvgIpc) is 2.46. The normalized spacial score (nSPS) is 13.1. The monoisotopic (exact) mass is 372 g/mol. The fourth-order valence-corrected chi connectivity index (χ4v) is 3.01. The van der Waals surface area contributed by atoms with E-state index in [-0.39, 0.29) is 11.6 Å². The maximum absolute atomic E-state index is 13.1. The third kappa shape index (κ3) is 4.33. The summed E-state index contributed by atoms with van der Waals surface area (Å²) in [5.74, 6) is -0.408. The number of sulfonamides is 1. The van der Waals surface area contributed by atoms with Crippen molar-refractivity contribution in [3.63, 3.8) is 0 Å². The summed E-state index contributed by atoms with van der Waals surface area (Å²) in [6.45, 7) is 1.56. The number of nitrogens with zero attached hydrogens (tertiary/aromatic N) is 1. The number of nitrogens with one attached hydrogen (secondary N) is 1. The van der Waals surface area contributed by atoms with E-state index in [0.717, 1.165) is 4.47 Å². The zero-order chi connectivity index (χ0) is 15.5. The summed E-state index contributed by atoms with van der Waals surface area (Å²) in [6.07, 6.45) is 3.19. The molecule has 1 atom stereocenters. The molecule has 1 N–H and O–H groups in total. The van der Waals surface area contributed by atoms with Crippen LogP contribution in [0.25, 0.3) is 0 Å². The van der Waals surface area contributed by atoms with E-state index in [9.17, 15) is 12.8 Å². The van der Waals surface area contributed by atoms with Gasteiger partial charge in [-0.1, -0.05) is 12.1 Å². The summed E-state index contributed by atoms with van der Waals surface area (Å²) < 4.78 is 40.2. The topological polar surface area (TPSA) is 59.1 Å². The molecular weight excluding hydrogens is 359 g/mol. The van der Waals surface area contributed by atoms with E-state index in [2.05, 4.69) is 25.6 Å². The van der Waals surface area contributed by atoms with Gasteiger partial charge in [-0.15, -0.1) is 0 Å². The summed E-state index contributed by atoms with van der Waals surface area (Å²) in [6, 6.07) is 6.87. The van der Waals surface area contributed by atoms with Crippen molar-refractivity contribution in [2.45, 2.75) is 13.0 Å². The molecule has 0 bridgehead atoms. The van der Waals surface area contributed by atoms with E-state index in [1.807, 2.05) is 0 Å². The zero-order valence-corrected chi connectivity index (χ0v) is 13.7. The number of pyridine rings is 1. The Balaban J connectivity index is 2.46. The Morgan fingerprint density at radius 2 is 1.90 bits per heavy atom.